The first-order valence-electron chi connectivity index (χ1n) is 8.19. The Bertz CT molecular complexity index is 716. The number of alkyl halides is 3. The van der Waals surface area contributed by atoms with E-state index >= 15 is 0 Å². The van der Waals surface area contributed by atoms with E-state index in [4.69, 9.17) is 4.74 Å². The van der Waals surface area contributed by atoms with Crippen molar-refractivity contribution in [2.75, 3.05) is 19.7 Å². The Morgan fingerprint density at radius 3 is 2.44 bits per heavy atom. The molecule has 1 aromatic carbocycles. The van der Waals surface area contributed by atoms with Crippen LogP contribution in [0.25, 0.3) is 0 Å². The van der Waals surface area contributed by atoms with Gasteiger partial charge < -0.3 is 15.4 Å². The van der Waals surface area contributed by atoms with Crippen LogP contribution in [0.4, 0.5) is 13.2 Å². The number of hydrogen-bond acceptors (Lipinski definition) is 3. The van der Waals surface area contributed by atoms with Crippen molar-refractivity contribution in [3.8, 4) is 5.75 Å². The Morgan fingerprint density at radius 2 is 1.89 bits per heavy atom. The van der Waals surface area contributed by atoms with Gasteiger partial charge in [0, 0.05) is 19.8 Å². The molecule has 1 aromatic heterocycles. The summed E-state index contributed by atoms with van der Waals surface area (Å²) in [7, 11) is 1.85. The molecule has 2 N–H and O–H groups in total. The van der Waals surface area contributed by atoms with Gasteiger partial charge in [-0.25, -0.2) is 4.99 Å². The van der Waals surface area contributed by atoms with Gasteiger partial charge in [-0.2, -0.15) is 18.3 Å². The second-order valence-corrected chi connectivity index (χ2v) is 5.44. The fraction of sp³-hybridized carbons (Fsp3) is 0.412. The van der Waals surface area contributed by atoms with E-state index in [9.17, 15) is 13.2 Å². The zero-order valence-corrected chi connectivity index (χ0v) is 17.4. The molecule has 0 saturated heterocycles. The van der Waals surface area contributed by atoms with E-state index in [1.54, 1.807) is 10.9 Å². The number of halogens is 4. The highest BCUT2D eigenvalue weighted by Crippen LogP contribution is 2.30. The average Bonchev–Trinajstić information content (AvgIpc) is 3.01. The lowest BCUT2D eigenvalue weighted by Crippen LogP contribution is -2.39. The summed E-state index contributed by atoms with van der Waals surface area (Å²) in [6.07, 6.45) is -2.63. The van der Waals surface area contributed by atoms with Gasteiger partial charge in [0.2, 0.25) is 0 Å². The Kier molecular flexibility index (Phi) is 9.39. The maximum Gasteiger partial charge on any atom is 0.416 e. The van der Waals surface area contributed by atoms with E-state index in [-0.39, 0.29) is 24.0 Å². The molecule has 2 aromatic rings. The number of ether oxygens (including phenoxy) is 1. The lowest BCUT2D eigenvalue weighted by molar-refractivity contribution is -0.137. The van der Waals surface area contributed by atoms with E-state index in [0.29, 0.717) is 38.0 Å². The average molecular weight is 497 g/mol. The molecule has 0 aliphatic rings. The van der Waals surface area contributed by atoms with Crippen LogP contribution in [0.3, 0.4) is 0 Å². The minimum absolute atomic E-state index is 0. The molecule has 1 heterocycles. The molecule has 10 heteroatoms. The van der Waals surface area contributed by atoms with Crippen LogP contribution in [0.1, 0.15) is 18.2 Å². The summed E-state index contributed by atoms with van der Waals surface area (Å²) in [5.74, 6) is 1.02. The van der Waals surface area contributed by atoms with Gasteiger partial charge in [-0.3, -0.25) is 4.68 Å². The second kappa shape index (κ2) is 11.0. The van der Waals surface area contributed by atoms with Gasteiger partial charge in [-0.05, 0) is 37.3 Å². The predicted octanol–water partition coefficient (Wildman–Crippen LogP) is 3.19. The zero-order valence-electron chi connectivity index (χ0n) is 15.1. The molecule has 0 saturated carbocycles. The molecule has 0 radical (unpaired) electrons. The zero-order chi connectivity index (χ0) is 19.0. The summed E-state index contributed by atoms with van der Waals surface area (Å²) in [5.41, 5.74) is 0.280. The smallest absolute Gasteiger partial charge is 0.416 e. The number of guanidine groups is 1. The first-order valence-corrected chi connectivity index (χ1v) is 8.19. The monoisotopic (exact) mass is 497 g/mol. The van der Waals surface area contributed by atoms with E-state index < -0.39 is 11.7 Å². The molecule has 0 atom stereocenters. The van der Waals surface area contributed by atoms with Gasteiger partial charge >= 0.3 is 6.18 Å². The van der Waals surface area contributed by atoms with Crippen molar-refractivity contribution in [2.45, 2.75) is 19.6 Å². The molecule has 0 amide bonds. The first-order chi connectivity index (χ1) is 12.4. The number of hydrogen-bond donors (Lipinski definition) is 2. The molecule has 0 spiro atoms. The van der Waals surface area contributed by atoms with E-state index in [0.717, 1.165) is 17.8 Å². The van der Waals surface area contributed by atoms with Gasteiger partial charge in [0.05, 0.1) is 24.3 Å². The number of rotatable bonds is 7. The topological polar surface area (TPSA) is 63.5 Å². The van der Waals surface area contributed by atoms with Crippen LogP contribution in [0.15, 0.2) is 41.5 Å². The summed E-state index contributed by atoms with van der Waals surface area (Å²) >= 11 is 0. The van der Waals surface area contributed by atoms with Crippen molar-refractivity contribution in [3.05, 3.63) is 47.8 Å². The molecule has 0 aliphatic carbocycles. The van der Waals surface area contributed by atoms with Gasteiger partial charge in [0.15, 0.2) is 5.96 Å². The van der Waals surface area contributed by atoms with Crippen molar-refractivity contribution < 1.29 is 17.9 Å². The third-order valence-corrected chi connectivity index (χ3v) is 3.51. The summed E-state index contributed by atoms with van der Waals surface area (Å²) in [6, 6.07) is 6.51. The highest BCUT2D eigenvalue weighted by molar-refractivity contribution is 14.0. The van der Waals surface area contributed by atoms with Crippen LogP contribution in [-0.2, 0) is 19.8 Å². The number of benzene rings is 1. The van der Waals surface area contributed by atoms with Crippen molar-refractivity contribution in [2.24, 2.45) is 12.0 Å². The van der Waals surface area contributed by atoms with Crippen molar-refractivity contribution >= 4 is 29.9 Å². The molecule has 0 unspecified atom stereocenters. The largest absolute Gasteiger partial charge is 0.492 e. The quantitative estimate of drug-likeness (QED) is 0.267. The maximum absolute atomic E-state index is 12.5. The number of aryl methyl sites for hydroxylation is 1. The predicted molar refractivity (Wildman–Crippen MR) is 108 cm³/mol. The van der Waals surface area contributed by atoms with E-state index in [1.807, 2.05) is 20.0 Å². The van der Waals surface area contributed by atoms with Gasteiger partial charge in [-0.1, -0.05) is 0 Å². The summed E-state index contributed by atoms with van der Waals surface area (Å²) in [5, 5.41) is 10.3. The molecule has 2 rings (SSSR count). The van der Waals surface area contributed by atoms with Crippen LogP contribution < -0.4 is 15.4 Å². The SMILES string of the molecule is CCNC(=NCc1ccnn1C)NCCOc1ccc(C(F)(F)F)cc1.I. The Morgan fingerprint density at radius 1 is 1.19 bits per heavy atom. The van der Waals surface area contributed by atoms with Gasteiger partial charge in [0.25, 0.3) is 0 Å². The van der Waals surface area contributed by atoms with Crippen LogP contribution in [-0.4, -0.2) is 35.4 Å². The third-order valence-electron chi connectivity index (χ3n) is 3.51. The Balaban J connectivity index is 0.00000364. The van der Waals surface area contributed by atoms with Crippen molar-refractivity contribution in [1.29, 1.82) is 0 Å². The molecular weight excluding hydrogens is 474 g/mol. The van der Waals surface area contributed by atoms with E-state index in [1.165, 1.54) is 12.1 Å². The molecule has 0 fully saturated rings. The highest BCUT2D eigenvalue weighted by atomic mass is 127. The Labute approximate surface area is 173 Å². The van der Waals surface area contributed by atoms with Crippen molar-refractivity contribution in [1.82, 2.24) is 20.4 Å². The summed E-state index contributed by atoms with van der Waals surface area (Å²) < 4.78 is 44.7. The molecule has 150 valence electrons. The Hall–Kier alpha value is -1.98. The second-order valence-electron chi connectivity index (χ2n) is 5.44. The van der Waals surface area contributed by atoms with Gasteiger partial charge in [-0.15, -0.1) is 24.0 Å². The first kappa shape index (κ1) is 23.1. The summed E-state index contributed by atoms with van der Waals surface area (Å²) in [6.45, 7) is 3.89. The highest BCUT2D eigenvalue weighted by Gasteiger charge is 2.29. The van der Waals surface area contributed by atoms with Crippen LogP contribution in [0.5, 0.6) is 5.75 Å². The molecule has 27 heavy (non-hydrogen) atoms. The normalized spacial score (nSPS) is 11.7. The number of aliphatic imine (C=N–C) groups is 1. The minimum Gasteiger partial charge on any atom is -0.492 e. The lowest BCUT2D eigenvalue weighted by Gasteiger charge is -2.12. The van der Waals surface area contributed by atoms with Crippen molar-refractivity contribution in [3.63, 3.8) is 0 Å². The van der Waals surface area contributed by atoms with Crippen LogP contribution >= 0.6 is 24.0 Å². The molecule has 0 bridgehead atoms. The minimum atomic E-state index is -4.34. The number of nitrogens with one attached hydrogen (secondary N) is 2. The fourth-order valence-corrected chi connectivity index (χ4v) is 2.14. The standard InChI is InChI=1S/C17H22F3N5O.HI/c1-3-21-16(23-12-14-8-9-24-25(14)2)22-10-11-26-15-6-4-13(5-7-15)17(18,19)20;/h4-9H,3,10-12H2,1-2H3,(H2,21,22,23);1H. The van der Waals surface area contributed by atoms with Crippen LogP contribution in [0.2, 0.25) is 0 Å². The molecular formula is C17H23F3IN5O. The fourth-order valence-electron chi connectivity index (χ4n) is 2.14. The van der Waals surface area contributed by atoms with Gasteiger partial charge in [0.1, 0.15) is 12.4 Å². The number of nitrogens with zero attached hydrogens (tertiary/aromatic N) is 3. The molecule has 6 nitrogen and oxygen atoms in total. The lowest BCUT2D eigenvalue weighted by atomic mass is 10.2. The molecule has 0 aliphatic heterocycles. The number of aromatic nitrogens is 2. The maximum atomic E-state index is 12.5. The van der Waals surface area contributed by atoms with E-state index in [2.05, 4.69) is 20.7 Å². The third kappa shape index (κ3) is 7.65. The van der Waals surface area contributed by atoms with Crippen LogP contribution in [0, 0.1) is 0 Å². The summed E-state index contributed by atoms with van der Waals surface area (Å²) in [4.78, 5) is 4.45.